The van der Waals surface area contributed by atoms with E-state index in [-0.39, 0.29) is 0 Å². The van der Waals surface area contributed by atoms with E-state index in [1.165, 1.54) is 17.6 Å². The number of anilines is 2. The first-order chi connectivity index (χ1) is 20.2. The summed E-state index contributed by atoms with van der Waals surface area (Å²) in [5.41, 5.74) is 5.15. The van der Waals surface area contributed by atoms with Crippen LogP contribution in [0.15, 0.2) is 59.8 Å². The molecule has 3 heterocycles. The van der Waals surface area contributed by atoms with Gasteiger partial charge in [0.25, 0.3) is 0 Å². The van der Waals surface area contributed by atoms with Crippen LogP contribution in [0.3, 0.4) is 0 Å². The van der Waals surface area contributed by atoms with Crippen molar-refractivity contribution in [1.82, 2.24) is 24.6 Å². The second-order valence-electron chi connectivity index (χ2n) is 11.3. The fourth-order valence-corrected chi connectivity index (χ4v) is 5.51. The number of nitrogens with one attached hydrogen (secondary N) is 1. The third kappa shape index (κ3) is 7.54. The number of nitrogens with zero attached hydrogens (tertiary/aromatic N) is 6. The molecule has 2 aromatic heterocycles. The van der Waals surface area contributed by atoms with Gasteiger partial charge in [-0.25, -0.2) is 4.98 Å². The molecule has 1 aliphatic rings. The maximum Gasteiger partial charge on any atom is 0.237 e. The van der Waals surface area contributed by atoms with E-state index in [0.717, 1.165) is 71.4 Å². The largest absolute Gasteiger partial charge is 0.493 e. The lowest BCUT2D eigenvalue weighted by atomic mass is 9.99. The zero-order valence-electron chi connectivity index (χ0n) is 25.4. The third-order valence-corrected chi connectivity index (χ3v) is 8.14. The second-order valence-corrected chi connectivity index (χ2v) is 12.1. The summed E-state index contributed by atoms with van der Waals surface area (Å²) in [6.45, 7) is 13.5. The van der Waals surface area contributed by atoms with Gasteiger partial charge in [-0.1, -0.05) is 19.9 Å². The first-order valence-electron chi connectivity index (χ1n) is 14.5. The molecule has 0 spiro atoms. The quantitative estimate of drug-likeness (QED) is 0.196. The van der Waals surface area contributed by atoms with Crippen molar-refractivity contribution in [2.45, 2.75) is 39.0 Å². The Morgan fingerprint density at radius 3 is 2.43 bits per heavy atom. The zero-order chi connectivity index (χ0) is 29.6. The Balaban J connectivity index is 1.42. The van der Waals surface area contributed by atoms with Crippen molar-refractivity contribution < 1.29 is 9.47 Å². The summed E-state index contributed by atoms with van der Waals surface area (Å²) >= 11 is 1.41. The molecule has 0 atom stereocenters. The number of benzene rings is 2. The fourth-order valence-electron chi connectivity index (χ4n) is 4.90. The van der Waals surface area contributed by atoms with Crippen molar-refractivity contribution in [3.8, 4) is 28.6 Å². The smallest absolute Gasteiger partial charge is 0.237 e. The van der Waals surface area contributed by atoms with Crippen molar-refractivity contribution in [1.29, 1.82) is 0 Å². The van der Waals surface area contributed by atoms with Crippen LogP contribution in [0.2, 0.25) is 0 Å². The summed E-state index contributed by atoms with van der Waals surface area (Å²) in [7, 11) is 4.06. The first-order valence-corrected chi connectivity index (χ1v) is 15.3. The highest BCUT2D eigenvalue weighted by atomic mass is 32.2. The van der Waals surface area contributed by atoms with Crippen LogP contribution in [0, 0.1) is 19.8 Å². The predicted octanol–water partition coefficient (Wildman–Crippen LogP) is 6.58. The highest BCUT2D eigenvalue weighted by Gasteiger charge is 2.17. The SMILES string of the molecule is Cc1ccc(OCCC(C)C)c(C)c1-c1cc(Oc2ccc(N3CCN(C)CC3)cc2)nc(NSc2cnn(C)c2)n1. The molecule has 10 heteroatoms. The van der Waals surface area contributed by atoms with Gasteiger partial charge in [0.05, 0.1) is 23.4 Å². The van der Waals surface area contributed by atoms with Crippen molar-refractivity contribution in [2.75, 3.05) is 49.5 Å². The van der Waals surface area contributed by atoms with Crippen LogP contribution < -0.4 is 19.1 Å². The van der Waals surface area contributed by atoms with Crippen LogP contribution in [0.1, 0.15) is 31.4 Å². The van der Waals surface area contributed by atoms with E-state index in [9.17, 15) is 0 Å². The van der Waals surface area contributed by atoms with Crippen molar-refractivity contribution in [2.24, 2.45) is 13.0 Å². The fraction of sp³-hybridized carbons (Fsp3) is 0.406. The highest BCUT2D eigenvalue weighted by molar-refractivity contribution is 8.00. The monoisotopic (exact) mass is 587 g/mol. The number of piperazine rings is 1. The standard InChI is InChI=1S/C32H41N7O2S/c1-22(2)13-18-40-29-12-7-23(3)31(24(29)4)28-19-30(35-32(34-28)36-42-27-20-33-38(6)21-27)41-26-10-8-25(9-11-26)39-16-14-37(5)15-17-39/h7-12,19-22H,13-18H2,1-6H3,(H,34,35,36). The van der Waals surface area contributed by atoms with Gasteiger partial charge < -0.3 is 19.3 Å². The van der Waals surface area contributed by atoms with E-state index in [0.29, 0.717) is 24.4 Å². The molecule has 42 heavy (non-hydrogen) atoms. The van der Waals surface area contributed by atoms with Gasteiger partial charge in [-0.2, -0.15) is 10.1 Å². The Morgan fingerprint density at radius 1 is 0.976 bits per heavy atom. The van der Waals surface area contributed by atoms with Crippen LogP contribution in [0.5, 0.6) is 17.4 Å². The van der Waals surface area contributed by atoms with Crippen LogP contribution in [0.4, 0.5) is 11.6 Å². The minimum Gasteiger partial charge on any atom is -0.493 e. The minimum absolute atomic E-state index is 0.454. The topological polar surface area (TPSA) is 80.6 Å². The van der Waals surface area contributed by atoms with E-state index < -0.39 is 0 Å². The number of aromatic nitrogens is 4. The number of likely N-dealkylation sites (N-methyl/N-ethyl adjacent to an activating group) is 1. The molecule has 0 amide bonds. The summed E-state index contributed by atoms with van der Waals surface area (Å²) in [5.74, 6) is 3.10. The summed E-state index contributed by atoms with van der Waals surface area (Å²) in [4.78, 5) is 15.3. The van der Waals surface area contributed by atoms with Crippen LogP contribution in [0.25, 0.3) is 11.3 Å². The molecule has 5 rings (SSSR count). The minimum atomic E-state index is 0.454. The number of hydrogen-bond acceptors (Lipinski definition) is 9. The Morgan fingerprint density at radius 2 is 1.74 bits per heavy atom. The van der Waals surface area contributed by atoms with Crippen molar-refractivity contribution in [3.05, 3.63) is 66.0 Å². The third-order valence-electron chi connectivity index (χ3n) is 7.40. The Hall–Kier alpha value is -3.76. The number of hydrogen-bond donors (Lipinski definition) is 1. The van der Waals surface area contributed by atoms with Gasteiger partial charge in [0.1, 0.15) is 11.5 Å². The maximum atomic E-state index is 6.32. The normalized spacial score (nSPS) is 13.9. The summed E-state index contributed by atoms with van der Waals surface area (Å²) in [6, 6.07) is 14.3. The van der Waals surface area contributed by atoms with Gasteiger partial charge in [-0.15, -0.1) is 0 Å². The average Bonchev–Trinajstić information content (AvgIpc) is 3.39. The molecule has 0 unspecified atom stereocenters. The highest BCUT2D eigenvalue weighted by Crippen LogP contribution is 2.36. The summed E-state index contributed by atoms with van der Waals surface area (Å²) < 4.78 is 17.6. The van der Waals surface area contributed by atoms with Crippen molar-refractivity contribution in [3.63, 3.8) is 0 Å². The molecule has 0 aliphatic carbocycles. The van der Waals surface area contributed by atoms with Crippen LogP contribution in [-0.4, -0.2) is 64.5 Å². The Labute approximate surface area is 253 Å². The second kappa shape index (κ2) is 13.5. The molecule has 2 aromatic carbocycles. The molecule has 0 radical (unpaired) electrons. The Kier molecular flexibility index (Phi) is 9.54. The Bertz CT molecular complexity index is 1480. The van der Waals surface area contributed by atoms with Gasteiger partial charge in [-0.3, -0.25) is 9.40 Å². The van der Waals surface area contributed by atoms with Crippen LogP contribution in [-0.2, 0) is 7.05 Å². The van der Waals surface area contributed by atoms with E-state index in [4.69, 9.17) is 19.4 Å². The summed E-state index contributed by atoms with van der Waals surface area (Å²) in [6.07, 6.45) is 4.74. The van der Waals surface area contributed by atoms with Gasteiger partial charge in [0.15, 0.2) is 0 Å². The molecule has 1 fully saturated rings. The number of ether oxygens (including phenoxy) is 2. The van der Waals surface area contributed by atoms with Gasteiger partial charge in [-0.05, 0) is 81.1 Å². The lowest BCUT2D eigenvalue weighted by molar-refractivity contribution is 0.288. The van der Waals surface area contributed by atoms with E-state index in [1.807, 2.05) is 37.5 Å². The van der Waals surface area contributed by atoms with E-state index in [1.54, 1.807) is 10.9 Å². The lowest BCUT2D eigenvalue weighted by Crippen LogP contribution is -2.44. The molecule has 4 aromatic rings. The average molecular weight is 588 g/mol. The van der Waals surface area contributed by atoms with Crippen molar-refractivity contribution >= 4 is 23.6 Å². The molecule has 0 saturated carbocycles. The van der Waals surface area contributed by atoms with E-state index >= 15 is 0 Å². The molecule has 9 nitrogen and oxygen atoms in total. The zero-order valence-corrected chi connectivity index (χ0v) is 26.2. The predicted molar refractivity (Wildman–Crippen MR) is 171 cm³/mol. The first kappa shape index (κ1) is 29.7. The molecule has 1 saturated heterocycles. The lowest BCUT2D eigenvalue weighted by Gasteiger charge is -2.34. The summed E-state index contributed by atoms with van der Waals surface area (Å²) in [5, 5.41) is 4.25. The van der Waals surface area contributed by atoms with E-state index in [2.05, 4.69) is 72.6 Å². The van der Waals surface area contributed by atoms with Crippen LogP contribution >= 0.6 is 11.9 Å². The molecule has 0 bridgehead atoms. The van der Waals surface area contributed by atoms with Gasteiger partial charge >= 0.3 is 0 Å². The van der Waals surface area contributed by atoms with Gasteiger partial charge in [0, 0.05) is 62.3 Å². The molecule has 1 N–H and O–H groups in total. The molecule has 1 aliphatic heterocycles. The molecule has 222 valence electrons. The molecular formula is C32H41N7O2S. The molecular weight excluding hydrogens is 546 g/mol. The number of aryl methyl sites for hydroxylation is 2. The number of rotatable bonds is 11. The maximum absolute atomic E-state index is 6.32. The van der Waals surface area contributed by atoms with Gasteiger partial charge in [0.2, 0.25) is 11.8 Å².